The summed E-state index contributed by atoms with van der Waals surface area (Å²) in [6.45, 7) is 1.54. The molecule has 1 unspecified atom stereocenters. The topological polar surface area (TPSA) is 37.3 Å². The first-order chi connectivity index (χ1) is 8.18. The third-order valence-electron chi connectivity index (χ3n) is 3.30. The van der Waals surface area contributed by atoms with Crippen molar-refractivity contribution < 1.29 is 9.90 Å². The highest BCUT2D eigenvalue weighted by Crippen LogP contribution is 2.43. The van der Waals surface area contributed by atoms with Crippen LogP contribution in [0.2, 0.25) is 0 Å². The van der Waals surface area contributed by atoms with Crippen LogP contribution >= 0.6 is 0 Å². The van der Waals surface area contributed by atoms with Gasteiger partial charge in [-0.2, -0.15) is 0 Å². The van der Waals surface area contributed by atoms with Crippen LogP contribution in [0.3, 0.4) is 0 Å². The molecule has 0 aliphatic heterocycles. The normalized spacial score (nSPS) is 16.5. The zero-order valence-corrected chi connectivity index (χ0v) is 9.47. The molecule has 0 fully saturated rings. The lowest BCUT2D eigenvalue weighted by molar-refractivity contribution is 0.101. The fraction of sp³-hybridized carbons (Fsp3) is 0.133. The molecule has 1 atom stereocenters. The Labute approximate surface area is 99.5 Å². The van der Waals surface area contributed by atoms with Crippen LogP contribution in [0.25, 0.3) is 11.1 Å². The second-order valence-corrected chi connectivity index (χ2v) is 4.35. The van der Waals surface area contributed by atoms with Gasteiger partial charge in [-0.05, 0) is 35.2 Å². The van der Waals surface area contributed by atoms with E-state index in [0.29, 0.717) is 5.56 Å². The van der Waals surface area contributed by atoms with Crippen LogP contribution in [0.4, 0.5) is 0 Å². The highest BCUT2D eigenvalue weighted by molar-refractivity contribution is 5.95. The molecule has 0 heterocycles. The molecule has 2 heteroatoms. The highest BCUT2D eigenvalue weighted by atomic mass is 16.3. The number of fused-ring (bicyclic) bond motifs is 3. The summed E-state index contributed by atoms with van der Waals surface area (Å²) in [5.41, 5.74) is 4.49. The van der Waals surface area contributed by atoms with Gasteiger partial charge >= 0.3 is 0 Å². The molecule has 1 N–H and O–H groups in total. The summed E-state index contributed by atoms with van der Waals surface area (Å²) >= 11 is 0. The van der Waals surface area contributed by atoms with Crippen LogP contribution < -0.4 is 0 Å². The molecule has 0 spiro atoms. The van der Waals surface area contributed by atoms with Gasteiger partial charge < -0.3 is 5.11 Å². The minimum atomic E-state index is -0.611. The van der Waals surface area contributed by atoms with E-state index in [9.17, 15) is 9.90 Å². The van der Waals surface area contributed by atoms with E-state index >= 15 is 0 Å². The van der Waals surface area contributed by atoms with Crippen LogP contribution in [0.1, 0.15) is 34.5 Å². The van der Waals surface area contributed by atoms with Crippen LogP contribution in [-0.4, -0.2) is 10.9 Å². The molecule has 1 aliphatic rings. The maximum atomic E-state index is 11.3. The Bertz CT molecular complexity index is 614. The largest absolute Gasteiger partial charge is 0.384 e. The van der Waals surface area contributed by atoms with E-state index in [1.807, 2.05) is 36.4 Å². The summed E-state index contributed by atoms with van der Waals surface area (Å²) in [6, 6.07) is 13.3. The number of aliphatic hydroxyl groups is 1. The van der Waals surface area contributed by atoms with E-state index in [1.54, 1.807) is 6.07 Å². The van der Waals surface area contributed by atoms with Crippen LogP contribution in [0, 0.1) is 0 Å². The molecule has 0 saturated carbocycles. The Morgan fingerprint density at radius 2 is 1.76 bits per heavy atom. The zero-order chi connectivity index (χ0) is 12.0. The van der Waals surface area contributed by atoms with Crippen molar-refractivity contribution in [1.29, 1.82) is 0 Å². The molecular formula is C15H12O2. The zero-order valence-electron chi connectivity index (χ0n) is 9.47. The number of rotatable bonds is 1. The average Bonchev–Trinajstić information content (AvgIpc) is 2.64. The van der Waals surface area contributed by atoms with Gasteiger partial charge in [0, 0.05) is 5.56 Å². The second kappa shape index (κ2) is 3.54. The maximum absolute atomic E-state index is 11.3. The highest BCUT2D eigenvalue weighted by Gasteiger charge is 2.26. The van der Waals surface area contributed by atoms with Gasteiger partial charge in [0.15, 0.2) is 5.78 Å². The standard InChI is InChI=1S/C15H12O2/c1-9(16)10-6-7-12-11-4-2-3-5-13(11)15(17)14(12)8-10/h2-8,15,17H,1H3. The van der Waals surface area contributed by atoms with Crippen molar-refractivity contribution in [2.75, 3.05) is 0 Å². The molecule has 1 aliphatic carbocycles. The van der Waals surface area contributed by atoms with Gasteiger partial charge in [-0.1, -0.05) is 36.4 Å². The lowest BCUT2D eigenvalue weighted by atomic mass is 10.0. The third-order valence-corrected chi connectivity index (χ3v) is 3.30. The molecule has 0 bridgehead atoms. The fourth-order valence-corrected chi connectivity index (χ4v) is 2.40. The molecule has 2 aromatic rings. The smallest absolute Gasteiger partial charge is 0.159 e. The number of benzene rings is 2. The Morgan fingerprint density at radius 1 is 1.06 bits per heavy atom. The van der Waals surface area contributed by atoms with Crippen LogP contribution in [-0.2, 0) is 0 Å². The van der Waals surface area contributed by atoms with Crippen molar-refractivity contribution in [2.24, 2.45) is 0 Å². The van der Waals surface area contributed by atoms with Crippen molar-refractivity contribution >= 4 is 5.78 Å². The van der Waals surface area contributed by atoms with Crippen molar-refractivity contribution in [3.8, 4) is 11.1 Å². The number of hydrogen-bond acceptors (Lipinski definition) is 2. The van der Waals surface area contributed by atoms with Gasteiger partial charge in [-0.25, -0.2) is 0 Å². The van der Waals surface area contributed by atoms with Gasteiger partial charge in [-0.15, -0.1) is 0 Å². The van der Waals surface area contributed by atoms with Gasteiger partial charge in [0.25, 0.3) is 0 Å². The summed E-state index contributed by atoms with van der Waals surface area (Å²) in [5, 5.41) is 10.2. The summed E-state index contributed by atoms with van der Waals surface area (Å²) in [4.78, 5) is 11.3. The number of carbonyl (C=O) groups excluding carboxylic acids is 1. The first kappa shape index (κ1) is 10.2. The molecule has 0 aromatic heterocycles. The SMILES string of the molecule is CC(=O)c1ccc2c(c1)C(O)c1ccccc1-2. The Hall–Kier alpha value is -1.93. The predicted molar refractivity (Wildman–Crippen MR) is 65.9 cm³/mol. The van der Waals surface area contributed by atoms with E-state index in [4.69, 9.17) is 0 Å². The quantitative estimate of drug-likeness (QED) is 0.756. The van der Waals surface area contributed by atoms with Crippen LogP contribution in [0.5, 0.6) is 0 Å². The fourth-order valence-electron chi connectivity index (χ4n) is 2.40. The molecule has 0 saturated heterocycles. The maximum Gasteiger partial charge on any atom is 0.159 e. The Balaban J connectivity index is 2.24. The molecule has 3 rings (SSSR count). The van der Waals surface area contributed by atoms with E-state index in [2.05, 4.69) is 0 Å². The number of Topliss-reactive ketones (excluding diaryl/α,β-unsaturated/α-hetero) is 1. The summed E-state index contributed by atoms with van der Waals surface area (Å²) in [6.07, 6.45) is -0.611. The number of aliphatic hydroxyl groups excluding tert-OH is 1. The van der Waals surface area contributed by atoms with Gasteiger partial charge in [0.05, 0.1) is 0 Å². The summed E-state index contributed by atoms with van der Waals surface area (Å²) in [5.74, 6) is 0.0240. The number of hydrogen-bond donors (Lipinski definition) is 1. The van der Waals surface area contributed by atoms with Crippen molar-refractivity contribution in [3.05, 3.63) is 59.2 Å². The monoisotopic (exact) mass is 224 g/mol. The van der Waals surface area contributed by atoms with Gasteiger partial charge in [0.2, 0.25) is 0 Å². The minimum Gasteiger partial charge on any atom is -0.384 e. The third kappa shape index (κ3) is 1.41. The van der Waals surface area contributed by atoms with E-state index in [-0.39, 0.29) is 5.78 Å². The van der Waals surface area contributed by atoms with Crippen molar-refractivity contribution in [1.82, 2.24) is 0 Å². The van der Waals surface area contributed by atoms with Crippen LogP contribution in [0.15, 0.2) is 42.5 Å². The Kier molecular flexibility index (Phi) is 2.13. The van der Waals surface area contributed by atoms with Gasteiger partial charge in [-0.3, -0.25) is 4.79 Å². The van der Waals surface area contributed by atoms with E-state index in [1.165, 1.54) is 6.92 Å². The summed E-state index contributed by atoms with van der Waals surface area (Å²) in [7, 11) is 0. The first-order valence-electron chi connectivity index (χ1n) is 5.61. The molecule has 84 valence electrons. The molecule has 17 heavy (non-hydrogen) atoms. The average molecular weight is 224 g/mol. The lowest BCUT2D eigenvalue weighted by Crippen LogP contribution is -1.97. The number of ketones is 1. The van der Waals surface area contributed by atoms with E-state index in [0.717, 1.165) is 22.3 Å². The van der Waals surface area contributed by atoms with Gasteiger partial charge in [0.1, 0.15) is 6.10 Å². The minimum absolute atomic E-state index is 0.0240. The van der Waals surface area contributed by atoms with Crippen molar-refractivity contribution in [2.45, 2.75) is 13.0 Å². The number of carbonyl (C=O) groups is 1. The van der Waals surface area contributed by atoms with Crippen molar-refractivity contribution in [3.63, 3.8) is 0 Å². The molecule has 2 nitrogen and oxygen atoms in total. The molecular weight excluding hydrogens is 212 g/mol. The molecule has 2 aromatic carbocycles. The summed E-state index contributed by atoms with van der Waals surface area (Å²) < 4.78 is 0. The Morgan fingerprint density at radius 3 is 2.53 bits per heavy atom. The predicted octanol–water partition coefficient (Wildman–Crippen LogP) is 2.95. The second-order valence-electron chi connectivity index (χ2n) is 4.35. The first-order valence-corrected chi connectivity index (χ1v) is 5.61. The molecule has 0 radical (unpaired) electrons. The molecule has 0 amide bonds. The van der Waals surface area contributed by atoms with E-state index < -0.39 is 6.10 Å². The lowest BCUT2D eigenvalue weighted by Gasteiger charge is -2.06.